The number of anilines is 1. The van der Waals surface area contributed by atoms with Gasteiger partial charge in [0, 0.05) is 19.3 Å². The second-order valence-electron chi connectivity index (χ2n) is 4.14. The Morgan fingerprint density at radius 1 is 1.56 bits per heavy atom. The van der Waals surface area contributed by atoms with Crippen LogP contribution in [0.2, 0.25) is 0 Å². The number of hydrogen-bond acceptors (Lipinski definition) is 4. The van der Waals surface area contributed by atoms with Crippen molar-refractivity contribution in [1.82, 2.24) is 9.88 Å². The minimum Gasteiger partial charge on any atom is -0.370 e. The highest BCUT2D eigenvalue weighted by Crippen LogP contribution is 2.16. The lowest BCUT2D eigenvalue weighted by Crippen LogP contribution is -2.23. The molecule has 1 saturated heterocycles. The number of rotatable bonds is 4. The molecule has 0 aliphatic carbocycles. The minimum atomic E-state index is 0.556. The molecule has 1 aliphatic rings. The first-order chi connectivity index (χ1) is 7.88. The molecule has 4 heteroatoms. The summed E-state index contributed by atoms with van der Waals surface area (Å²) < 4.78 is 0. The fourth-order valence-electron chi connectivity index (χ4n) is 2.04. The molecule has 0 radical (unpaired) electrons. The Balaban J connectivity index is 1.74. The first kappa shape index (κ1) is 10.9. The Labute approximate surface area is 95.9 Å². The van der Waals surface area contributed by atoms with E-state index in [1.807, 2.05) is 18.2 Å². The maximum absolute atomic E-state index is 8.60. The summed E-state index contributed by atoms with van der Waals surface area (Å²) in [5.74, 6) is 1.57. The fraction of sp³-hybridized carbons (Fsp3) is 0.500. The Morgan fingerprint density at radius 2 is 2.50 bits per heavy atom. The van der Waals surface area contributed by atoms with Gasteiger partial charge in [-0.25, -0.2) is 4.98 Å². The maximum atomic E-state index is 8.60. The van der Waals surface area contributed by atoms with Crippen LogP contribution < -0.4 is 5.32 Å². The third-order valence-corrected chi connectivity index (χ3v) is 2.90. The molecule has 0 unspecified atom stereocenters. The molecular formula is C12H16N4. The molecule has 1 N–H and O–H groups in total. The van der Waals surface area contributed by atoms with E-state index < -0.39 is 0 Å². The van der Waals surface area contributed by atoms with Gasteiger partial charge in [0.05, 0.1) is 12.6 Å². The van der Waals surface area contributed by atoms with Gasteiger partial charge in [-0.15, -0.1) is 0 Å². The topological polar surface area (TPSA) is 52.0 Å². The van der Waals surface area contributed by atoms with E-state index in [9.17, 15) is 0 Å². The van der Waals surface area contributed by atoms with E-state index >= 15 is 0 Å². The molecule has 84 valence electrons. The van der Waals surface area contributed by atoms with Crippen molar-refractivity contribution in [1.29, 1.82) is 5.26 Å². The lowest BCUT2D eigenvalue weighted by atomic mass is 10.1. The lowest BCUT2D eigenvalue weighted by molar-refractivity contribution is 0.365. The summed E-state index contributed by atoms with van der Waals surface area (Å²) >= 11 is 0. The number of likely N-dealkylation sites (tertiary alicyclic amines) is 1. The number of aromatic nitrogens is 1. The van der Waals surface area contributed by atoms with Gasteiger partial charge in [-0.05, 0) is 31.0 Å². The quantitative estimate of drug-likeness (QED) is 0.772. The van der Waals surface area contributed by atoms with E-state index in [2.05, 4.69) is 21.3 Å². The summed E-state index contributed by atoms with van der Waals surface area (Å²) in [4.78, 5) is 6.42. The third-order valence-electron chi connectivity index (χ3n) is 2.90. The summed E-state index contributed by atoms with van der Waals surface area (Å²) in [5, 5.41) is 11.9. The molecule has 2 heterocycles. The van der Waals surface area contributed by atoms with Gasteiger partial charge in [-0.3, -0.25) is 4.90 Å². The predicted octanol–water partition coefficient (Wildman–Crippen LogP) is 1.34. The molecule has 4 nitrogen and oxygen atoms in total. The van der Waals surface area contributed by atoms with Crippen LogP contribution >= 0.6 is 0 Å². The van der Waals surface area contributed by atoms with Crippen molar-refractivity contribution in [3.05, 3.63) is 24.4 Å². The Kier molecular flexibility index (Phi) is 3.73. The standard InChI is InChI=1S/C12H16N4/c13-5-8-16-7-4-11(10-16)9-15-12-3-1-2-6-14-12/h1-3,6,11H,4,7-10H2,(H,14,15)/t11-/m1/s1. The number of hydrogen-bond donors (Lipinski definition) is 1. The molecule has 0 spiro atoms. The van der Waals surface area contributed by atoms with Crippen molar-refractivity contribution in [3.63, 3.8) is 0 Å². The van der Waals surface area contributed by atoms with Crippen LogP contribution in [0.1, 0.15) is 6.42 Å². The molecule has 0 bridgehead atoms. The van der Waals surface area contributed by atoms with Crippen molar-refractivity contribution < 1.29 is 0 Å². The second-order valence-corrected chi connectivity index (χ2v) is 4.14. The normalized spacial score (nSPS) is 20.6. The van der Waals surface area contributed by atoms with Crippen LogP contribution in [0.4, 0.5) is 5.82 Å². The molecule has 1 aromatic rings. The largest absolute Gasteiger partial charge is 0.370 e. The van der Waals surface area contributed by atoms with Gasteiger partial charge in [0.1, 0.15) is 5.82 Å². The zero-order chi connectivity index (χ0) is 11.2. The summed E-state index contributed by atoms with van der Waals surface area (Å²) in [6.45, 7) is 3.56. The highest BCUT2D eigenvalue weighted by atomic mass is 15.1. The summed E-state index contributed by atoms with van der Waals surface area (Å²) in [6.07, 6.45) is 2.96. The molecule has 2 rings (SSSR count). The third kappa shape index (κ3) is 2.94. The van der Waals surface area contributed by atoms with Crippen LogP contribution in [0.3, 0.4) is 0 Å². The Bertz CT molecular complexity index is 357. The predicted molar refractivity (Wildman–Crippen MR) is 62.9 cm³/mol. The number of nitriles is 1. The molecule has 0 saturated carbocycles. The number of pyridine rings is 1. The van der Waals surface area contributed by atoms with E-state index in [-0.39, 0.29) is 0 Å². The molecule has 0 aromatic carbocycles. The van der Waals surface area contributed by atoms with E-state index in [0.717, 1.165) is 25.5 Å². The van der Waals surface area contributed by atoms with Crippen LogP contribution in [0, 0.1) is 17.2 Å². The van der Waals surface area contributed by atoms with Crippen LogP contribution in [-0.2, 0) is 0 Å². The first-order valence-electron chi connectivity index (χ1n) is 5.62. The van der Waals surface area contributed by atoms with Gasteiger partial charge in [-0.1, -0.05) is 6.07 Å². The molecule has 1 atom stereocenters. The molecule has 0 amide bonds. The zero-order valence-electron chi connectivity index (χ0n) is 9.26. The van der Waals surface area contributed by atoms with Gasteiger partial charge in [0.15, 0.2) is 0 Å². The van der Waals surface area contributed by atoms with Crippen LogP contribution in [-0.4, -0.2) is 36.1 Å². The van der Waals surface area contributed by atoms with Crippen molar-refractivity contribution in [2.24, 2.45) is 5.92 Å². The van der Waals surface area contributed by atoms with Crippen LogP contribution in [0.25, 0.3) is 0 Å². The van der Waals surface area contributed by atoms with Crippen LogP contribution in [0.5, 0.6) is 0 Å². The van der Waals surface area contributed by atoms with Gasteiger partial charge < -0.3 is 5.32 Å². The number of nitrogens with one attached hydrogen (secondary N) is 1. The van der Waals surface area contributed by atoms with E-state index in [4.69, 9.17) is 5.26 Å². The Hall–Kier alpha value is -1.60. The van der Waals surface area contributed by atoms with E-state index in [0.29, 0.717) is 12.5 Å². The molecular weight excluding hydrogens is 200 g/mol. The minimum absolute atomic E-state index is 0.556. The average molecular weight is 216 g/mol. The van der Waals surface area contributed by atoms with Crippen molar-refractivity contribution in [2.45, 2.75) is 6.42 Å². The van der Waals surface area contributed by atoms with Gasteiger partial charge >= 0.3 is 0 Å². The molecule has 1 fully saturated rings. The van der Waals surface area contributed by atoms with Gasteiger partial charge in [0.25, 0.3) is 0 Å². The van der Waals surface area contributed by atoms with E-state index in [1.165, 1.54) is 6.42 Å². The molecule has 1 aliphatic heterocycles. The lowest BCUT2D eigenvalue weighted by Gasteiger charge is -2.12. The maximum Gasteiger partial charge on any atom is 0.125 e. The van der Waals surface area contributed by atoms with Crippen LogP contribution in [0.15, 0.2) is 24.4 Å². The molecule has 1 aromatic heterocycles. The zero-order valence-corrected chi connectivity index (χ0v) is 9.26. The number of nitrogens with zero attached hydrogens (tertiary/aromatic N) is 3. The Morgan fingerprint density at radius 3 is 3.25 bits per heavy atom. The summed E-state index contributed by atoms with van der Waals surface area (Å²) in [5.41, 5.74) is 0. The van der Waals surface area contributed by atoms with Crippen molar-refractivity contribution in [3.8, 4) is 6.07 Å². The summed E-state index contributed by atoms with van der Waals surface area (Å²) in [6, 6.07) is 8.06. The second kappa shape index (κ2) is 5.47. The SMILES string of the molecule is N#CCN1CC[C@H](CNc2ccccn2)C1. The van der Waals surface area contributed by atoms with E-state index in [1.54, 1.807) is 6.20 Å². The average Bonchev–Trinajstić information content (AvgIpc) is 2.76. The monoisotopic (exact) mass is 216 g/mol. The first-order valence-corrected chi connectivity index (χ1v) is 5.62. The fourth-order valence-corrected chi connectivity index (χ4v) is 2.04. The smallest absolute Gasteiger partial charge is 0.125 e. The van der Waals surface area contributed by atoms with Crippen molar-refractivity contribution >= 4 is 5.82 Å². The highest BCUT2D eigenvalue weighted by molar-refractivity contribution is 5.33. The van der Waals surface area contributed by atoms with Crippen molar-refractivity contribution in [2.75, 3.05) is 31.5 Å². The van der Waals surface area contributed by atoms with Gasteiger partial charge in [0.2, 0.25) is 0 Å². The summed E-state index contributed by atoms with van der Waals surface area (Å²) in [7, 11) is 0. The highest BCUT2D eigenvalue weighted by Gasteiger charge is 2.21. The molecule has 16 heavy (non-hydrogen) atoms. The van der Waals surface area contributed by atoms with Gasteiger partial charge in [-0.2, -0.15) is 5.26 Å².